The third-order valence-electron chi connectivity index (χ3n) is 5.64. The molecule has 9 heteroatoms. The van der Waals surface area contributed by atoms with Crippen molar-refractivity contribution >= 4 is 11.5 Å². The summed E-state index contributed by atoms with van der Waals surface area (Å²) in [4.78, 5) is 25.7. The molecule has 0 saturated carbocycles. The lowest BCUT2D eigenvalue weighted by molar-refractivity contribution is 0.299. The highest BCUT2D eigenvalue weighted by Gasteiger charge is 2.30. The van der Waals surface area contributed by atoms with Gasteiger partial charge in [0.15, 0.2) is 5.65 Å². The van der Waals surface area contributed by atoms with Gasteiger partial charge < -0.3 is 15.0 Å². The van der Waals surface area contributed by atoms with Crippen LogP contribution in [0.1, 0.15) is 30.0 Å². The van der Waals surface area contributed by atoms with E-state index in [1.807, 2.05) is 29.2 Å². The maximum Gasteiger partial charge on any atom is 0.253 e. The second-order valence-electron chi connectivity index (χ2n) is 7.58. The maximum absolute atomic E-state index is 13.8. The zero-order chi connectivity index (χ0) is 21.4. The largest absolute Gasteiger partial charge is 0.396 e. The first kappa shape index (κ1) is 19.4. The highest BCUT2D eigenvalue weighted by molar-refractivity contribution is 5.61. The molecule has 1 fully saturated rings. The van der Waals surface area contributed by atoms with Crippen molar-refractivity contribution < 1.29 is 9.50 Å². The average molecular weight is 420 g/mol. The van der Waals surface area contributed by atoms with Gasteiger partial charge in [0.1, 0.15) is 17.3 Å². The van der Waals surface area contributed by atoms with Crippen molar-refractivity contribution in [2.45, 2.75) is 25.3 Å². The number of aromatic nitrogens is 5. The molecule has 2 N–H and O–H groups in total. The minimum Gasteiger partial charge on any atom is -0.396 e. The van der Waals surface area contributed by atoms with Crippen LogP contribution in [0, 0.1) is 5.82 Å². The Morgan fingerprint density at radius 2 is 2.13 bits per heavy atom. The summed E-state index contributed by atoms with van der Waals surface area (Å²) in [5.41, 5.74) is 3.21. The number of halogens is 1. The predicted molar refractivity (Wildman–Crippen MR) is 113 cm³/mol. The van der Waals surface area contributed by atoms with Gasteiger partial charge in [-0.1, -0.05) is 0 Å². The summed E-state index contributed by atoms with van der Waals surface area (Å²) in [5.74, 6) is 0.222. The smallest absolute Gasteiger partial charge is 0.253 e. The van der Waals surface area contributed by atoms with Gasteiger partial charge in [-0.15, -0.1) is 5.10 Å². The molecular weight excluding hydrogens is 399 g/mol. The van der Waals surface area contributed by atoms with Crippen molar-refractivity contribution in [3.63, 3.8) is 0 Å². The lowest BCUT2D eigenvalue weighted by Gasteiger charge is -2.25. The van der Waals surface area contributed by atoms with E-state index in [2.05, 4.69) is 15.0 Å². The van der Waals surface area contributed by atoms with E-state index >= 15 is 0 Å². The molecule has 5 rings (SSSR count). The van der Waals surface area contributed by atoms with E-state index in [1.54, 1.807) is 16.9 Å². The van der Waals surface area contributed by atoms with E-state index in [0.29, 0.717) is 35.7 Å². The van der Waals surface area contributed by atoms with Gasteiger partial charge in [-0.25, -0.2) is 13.9 Å². The number of anilines is 1. The molecule has 0 spiro atoms. The van der Waals surface area contributed by atoms with Crippen LogP contribution in [-0.2, 0) is 6.42 Å². The Hall–Kier alpha value is -3.59. The van der Waals surface area contributed by atoms with Crippen LogP contribution < -0.4 is 10.5 Å². The molecular formula is C22H21FN6O2. The van der Waals surface area contributed by atoms with Gasteiger partial charge in [0.2, 0.25) is 0 Å². The lowest BCUT2D eigenvalue weighted by Crippen LogP contribution is -2.29. The van der Waals surface area contributed by atoms with Crippen LogP contribution in [0.2, 0.25) is 0 Å². The van der Waals surface area contributed by atoms with Gasteiger partial charge in [-0.3, -0.25) is 9.78 Å². The highest BCUT2D eigenvalue weighted by Crippen LogP contribution is 2.34. The third-order valence-corrected chi connectivity index (χ3v) is 5.64. The predicted octanol–water partition coefficient (Wildman–Crippen LogP) is 2.50. The van der Waals surface area contributed by atoms with Gasteiger partial charge in [0.25, 0.3) is 5.56 Å². The summed E-state index contributed by atoms with van der Waals surface area (Å²) in [6.45, 7) is 0.780. The number of hydrogen-bond acceptors (Lipinski definition) is 6. The highest BCUT2D eigenvalue weighted by atomic mass is 19.1. The van der Waals surface area contributed by atoms with Crippen molar-refractivity contribution in [2.75, 3.05) is 18.1 Å². The Labute approximate surface area is 177 Å². The van der Waals surface area contributed by atoms with E-state index in [1.165, 1.54) is 6.07 Å². The van der Waals surface area contributed by atoms with Crippen LogP contribution in [0.15, 0.2) is 53.7 Å². The van der Waals surface area contributed by atoms with Crippen LogP contribution >= 0.6 is 0 Å². The van der Waals surface area contributed by atoms with Gasteiger partial charge >= 0.3 is 0 Å². The molecule has 1 atom stereocenters. The maximum atomic E-state index is 13.8. The number of hydrogen-bond donors (Lipinski definition) is 2. The van der Waals surface area contributed by atoms with Gasteiger partial charge in [0.05, 0.1) is 17.9 Å². The fraction of sp³-hybridized carbons (Fsp3) is 0.273. The van der Waals surface area contributed by atoms with Crippen LogP contribution in [-0.4, -0.2) is 42.8 Å². The van der Waals surface area contributed by atoms with Crippen LogP contribution in [0.25, 0.3) is 17.0 Å². The monoisotopic (exact) mass is 420 g/mol. The fourth-order valence-corrected chi connectivity index (χ4v) is 4.18. The molecule has 0 bridgehead atoms. The van der Waals surface area contributed by atoms with Gasteiger partial charge in [0, 0.05) is 31.1 Å². The van der Waals surface area contributed by atoms with Crippen LogP contribution in [0.3, 0.4) is 0 Å². The number of pyridine rings is 2. The Morgan fingerprint density at radius 1 is 1.23 bits per heavy atom. The van der Waals surface area contributed by atoms with Crippen molar-refractivity contribution in [1.29, 1.82) is 0 Å². The number of aromatic amines is 1. The van der Waals surface area contributed by atoms with E-state index in [-0.39, 0.29) is 18.2 Å². The molecule has 0 aromatic carbocycles. The molecule has 0 amide bonds. The number of fused-ring (bicyclic) bond motifs is 1. The number of imidazole rings is 1. The van der Waals surface area contributed by atoms with E-state index in [0.717, 1.165) is 30.3 Å². The topological polar surface area (TPSA) is 99.4 Å². The summed E-state index contributed by atoms with van der Waals surface area (Å²) >= 11 is 0. The zero-order valence-corrected chi connectivity index (χ0v) is 16.7. The Balaban J connectivity index is 1.55. The normalized spacial score (nSPS) is 16.3. The first-order valence-electron chi connectivity index (χ1n) is 10.2. The number of rotatable bonds is 5. The molecule has 1 aliphatic heterocycles. The summed E-state index contributed by atoms with van der Waals surface area (Å²) in [6.07, 6.45) is 6.66. The number of aliphatic hydroxyl groups excluding tert-OH is 1. The molecule has 31 heavy (non-hydrogen) atoms. The molecule has 5 heterocycles. The van der Waals surface area contributed by atoms with Gasteiger partial charge in [-0.2, -0.15) is 0 Å². The lowest BCUT2D eigenvalue weighted by atomic mass is 10.1. The molecule has 1 saturated heterocycles. The van der Waals surface area contributed by atoms with Crippen molar-refractivity contribution in [3.05, 3.63) is 76.2 Å². The molecule has 0 aliphatic carbocycles. The Bertz CT molecular complexity index is 1300. The number of H-pyrrole nitrogens is 1. The molecule has 0 unspecified atom stereocenters. The molecule has 158 valence electrons. The molecule has 8 nitrogen and oxygen atoms in total. The molecule has 0 radical (unpaired) electrons. The third kappa shape index (κ3) is 3.57. The van der Waals surface area contributed by atoms with Crippen molar-refractivity contribution in [1.82, 2.24) is 24.6 Å². The fourth-order valence-electron chi connectivity index (χ4n) is 4.18. The number of nitrogens with zero attached hydrogens (tertiary/aromatic N) is 5. The standard InChI is InChI=1S/C22H21FN6O2/c23-15-11-16(22(31)26-12-15)18-2-1-8-28(18)21-4-3-20-25-13-19(29(20)27-21)17-10-14(6-9-30)5-7-24-17/h3-5,7,10-13,18,30H,1-2,6,8-9H2,(H,26,31)/t18-/m1/s1. The summed E-state index contributed by atoms with van der Waals surface area (Å²) in [6, 6.07) is 8.58. The minimum atomic E-state index is -0.462. The van der Waals surface area contributed by atoms with Crippen molar-refractivity contribution in [2.24, 2.45) is 0 Å². The minimum absolute atomic E-state index is 0.0641. The quantitative estimate of drug-likeness (QED) is 0.515. The number of aliphatic hydroxyl groups is 1. The van der Waals surface area contributed by atoms with E-state index in [4.69, 9.17) is 5.10 Å². The van der Waals surface area contributed by atoms with Crippen LogP contribution in [0.5, 0.6) is 0 Å². The first-order valence-corrected chi connectivity index (χ1v) is 10.2. The average Bonchev–Trinajstić information content (AvgIpc) is 3.42. The molecule has 4 aromatic heterocycles. The summed E-state index contributed by atoms with van der Waals surface area (Å²) in [5, 5.41) is 14.0. The second-order valence-corrected chi connectivity index (χ2v) is 7.58. The SMILES string of the molecule is O=c1[nH]cc(F)cc1[C@H]1CCCN1c1ccc2ncc(-c3cc(CCO)ccn3)n2n1. The summed E-state index contributed by atoms with van der Waals surface area (Å²) in [7, 11) is 0. The van der Waals surface area contributed by atoms with Crippen molar-refractivity contribution in [3.8, 4) is 11.4 Å². The Morgan fingerprint density at radius 3 is 3.00 bits per heavy atom. The van der Waals surface area contributed by atoms with E-state index in [9.17, 15) is 14.3 Å². The number of nitrogens with one attached hydrogen (secondary N) is 1. The molecule has 1 aliphatic rings. The second kappa shape index (κ2) is 7.92. The van der Waals surface area contributed by atoms with E-state index < -0.39 is 5.82 Å². The summed E-state index contributed by atoms with van der Waals surface area (Å²) < 4.78 is 15.5. The first-order chi connectivity index (χ1) is 15.1. The molecule has 4 aromatic rings. The van der Waals surface area contributed by atoms with Crippen LogP contribution in [0.4, 0.5) is 10.2 Å². The zero-order valence-electron chi connectivity index (χ0n) is 16.7. The Kier molecular flexibility index (Phi) is 4.95. The van der Waals surface area contributed by atoms with Gasteiger partial charge in [-0.05, 0) is 55.2 Å².